The van der Waals surface area contributed by atoms with Gasteiger partial charge in [-0.15, -0.1) is 0 Å². The molecule has 0 atom stereocenters. The molecule has 0 bridgehead atoms. The van der Waals surface area contributed by atoms with E-state index in [-0.39, 0.29) is 34.0 Å². The number of ether oxygens (including phenoxy) is 1. The van der Waals surface area contributed by atoms with Gasteiger partial charge in [-0.25, -0.2) is 9.97 Å². The SMILES string of the molecule is CNC(=O)c1ccc(CC(=O)c2cnc(NC(=O)c3cnc(C)cc3-c3cc(Cl)ncc3OC)s2)cc1. The van der Waals surface area contributed by atoms with Crippen molar-refractivity contribution in [3.8, 4) is 16.9 Å². The van der Waals surface area contributed by atoms with Crippen LogP contribution in [0.4, 0.5) is 5.13 Å². The number of methoxy groups -OCH3 is 1. The number of hydrogen-bond acceptors (Lipinski definition) is 8. The number of hydrogen-bond donors (Lipinski definition) is 2. The molecule has 0 radical (unpaired) electrons. The highest BCUT2D eigenvalue weighted by Crippen LogP contribution is 2.34. The Balaban J connectivity index is 1.52. The Morgan fingerprint density at radius 2 is 1.73 bits per heavy atom. The maximum Gasteiger partial charge on any atom is 0.259 e. The number of ketones is 1. The first kappa shape index (κ1) is 25.9. The van der Waals surface area contributed by atoms with Crippen LogP contribution in [-0.4, -0.2) is 46.7 Å². The molecular formula is C26H22ClN5O4S. The Hall–Kier alpha value is -4.15. The molecule has 0 unspecified atom stereocenters. The van der Waals surface area contributed by atoms with Crippen molar-refractivity contribution in [1.29, 1.82) is 0 Å². The van der Waals surface area contributed by atoms with Crippen LogP contribution < -0.4 is 15.4 Å². The Morgan fingerprint density at radius 3 is 2.43 bits per heavy atom. The van der Waals surface area contributed by atoms with Crippen molar-refractivity contribution in [2.24, 2.45) is 0 Å². The highest BCUT2D eigenvalue weighted by atomic mass is 35.5. The van der Waals surface area contributed by atoms with Gasteiger partial charge in [-0.05, 0) is 36.8 Å². The van der Waals surface area contributed by atoms with Gasteiger partial charge in [-0.1, -0.05) is 35.1 Å². The molecule has 1 aromatic carbocycles. The number of Topliss-reactive ketones (excluding diaryl/α,β-unsaturated/α-hetero) is 1. The quantitative estimate of drug-likeness (QED) is 0.249. The summed E-state index contributed by atoms with van der Waals surface area (Å²) in [5, 5.41) is 5.83. The van der Waals surface area contributed by atoms with Crippen LogP contribution in [0.1, 0.15) is 41.6 Å². The molecular weight excluding hydrogens is 514 g/mol. The molecule has 0 aliphatic heterocycles. The van der Waals surface area contributed by atoms with Crippen LogP contribution in [-0.2, 0) is 6.42 Å². The van der Waals surface area contributed by atoms with Gasteiger partial charge in [0, 0.05) is 42.0 Å². The molecule has 0 fully saturated rings. The van der Waals surface area contributed by atoms with Crippen LogP contribution >= 0.6 is 22.9 Å². The lowest BCUT2D eigenvalue weighted by molar-refractivity contribution is 0.0961. The van der Waals surface area contributed by atoms with E-state index in [2.05, 4.69) is 25.6 Å². The third kappa shape index (κ3) is 5.99. The van der Waals surface area contributed by atoms with E-state index in [1.807, 2.05) is 6.92 Å². The minimum atomic E-state index is -0.448. The lowest BCUT2D eigenvalue weighted by Gasteiger charge is -2.13. The minimum absolute atomic E-state index is 0.137. The second-order valence-corrected chi connectivity index (χ2v) is 9.36. The highest BCUT2D eigenvalue weighted by Gasteiger charge is 2.20. The second kappa shape index (κ2) is 11.3. The van der Waals surface area contributed by atoms with Crippen LogP contribution in [0.3, 0.4) is 0 Å². The number of benzene rings is 1. The van der Waals surface area contributed by atoms with E-state index in [0.29, 0.717) is 33.0 Å². The van der Waals surface area contributed by atoms with Crippen molar-refractivity contribution in [2.75, 3.05) is 19.5 Å². The number of anilines is 1. The van der Waals surface area contributed by atoms with Crippen LogP contribution in [0, 0.1) is 6.92 Å². The number of aromatic nitrogens is 3. The molecule has 0 aliphatic carbocycles. The summed E-state index contributed by atoms with van der Waals surface area (Å²) < 4.78 is 5.41. The van der Waals surface area contributed by atoms with Gasteiger partial charge < -0.3 is 10.1 Å². The lowest BCUT2D eigenvalue weighted by Crippen LogP contribution is -2.17. The fourth-order valence-corrected chi connectivity index (χ4v) is 4.48. The fourth-order valence-electron chi connectivity index (χ4n) is 3.57. The van der Waals surface area contributed by atoms with Crippen molar-refractivity contribution < 1.29 is 19.1 Å². The topological polar surface area (TPSA) is 123 Å². The summed E-state index contributed by atoms with van der Waals surface area (Å²) in [4.78, 5) is 50.5. The highest BCUT2D eigenvalue weighted by molar-refractivity contribution is 7.17. The number of pyridine rings is 2. The molecule has 0 spiro atoms. The van der Waals surface area contributed by atoms with Gasteiger partial charge in [0.05, 0.1) is 29.9 Å². The third-order valence-corrected chi connectivity index (χ3v) is 6.60. The number of nitrogens with zero attached hydrogens (tertiary/aromatic N) is 3. The van der Waals surface area contributed by atoms with E-state index in [9.17, 15) is 14.4 Å². The number of halogens is 1. The molecule has 188 valence electrons. The monoisotopic (exact) mass is 535 g/mol. The molecule has 3 aromatic heterocycles. The predicted molar refractivity (Wildman–Crippen MR) is 142 cm³/mol. The zero-order chi connectivity index (χ0) is 26.5. The first-order valence-corrected chi connectivity index (χ1v) is 12.3. The summed E-state index contributed by atoms with van der Waals surface area (Å²) >= 11 is 7.18. The van der Waals surface area contributed by atoms with E-state index in [4.69, 9.17) is 16.3 Å². The minimum Gasteiger partial charge on any atom is -0.494 e. The molecule has 9 nitrogen and oxygen atoms in total. The van der Waals surface area contributed by atoms with Crippen molar-refractivity contribution in [3.05, 3.63) is 87.4 Å². The van der Waals surface area contributed by atoms with Crippen LogP contribution in [0.5, 0.6) is 5.75 Å². The normalized spacial score (nSPS) is 10.6. The largest absolute Gasteiger partial charge is 0.494 e. The van der Waals surface area contributed by atoms with Gasteiger partial charge in [-0.3, -0.25) is 24.7 Å². The number of carbonyl (C=O) groups excluding carboxylic acids is 3. The lowest BCUT2D eigenvalue weighted by atomic mass is 10.0. The number of amides is 2. The Bertz CT molecular complexity index is 1490. The summed E-state index contributed by atoms with van der Waals surface area (Å²) in [5.74, 6) is -0.345. The molecule has 4 rings (SSSR count). The van der Waals surface area contributed by atoms with E-state index in [1.54, 1.807) is 43.4 Å². The third-order valence-electron chi connectivity index (χ3n) is 5.44. The van der Waals surface area contributed by atoms with Crippen molar-refractivity contribution >= 4 is 45.7 Å². The van der Waals surface area contributed by atoms with E-state index < -0.39 is 5.91 Å². The van der Waals surface area contributed by atoms with Gasteiger partial charge in [-0.2, -0.15) is 0 Å². The van der Waals surface area contributed by atoms with Crippen molar-refractivity contribution in [1.82, 2.24) is 20.3 Å². The zero-order valence-corrected chi connectivity index (χ0v) is 21.7. The average Bonchev–Trinajstić information content (AvgIpc) is 3.37. The summed E-state index contributed by atoms with van der Waals surface area (Å²) in [6, 6.07) is 10.2. The van der Waals surface area contributed by atoms with Gasteiger partial charge >= 0.3 is 0 Å². The summed E-state index contributed by atoms with van der Waals surface area (Å²) in [7, 11) is 3.06. The van der Waals surface area contributed by atoms with Gasteiger partial charge in [0.1, 0.15) is 10.9 Å². The molecule has 4 aromatic rings. The molecule has 2 amide bonds. The maximum atomic E-state index is 13.2. The molecule has 37 heavy (non-hydrogen) atoms. The number of carbonyl (C=O) groups is 3. The van der Waals surface area contributed by atoms with Gasteiger partial charge in [0.15, 0.2) is 10.9 Å². The van der Waals surface area contributed by atoms with E-state index >= 15 is 0 Å². The molecule has 0 aliphatic rings. The summed E-state index contributed by atoms with van der Waals surface area (Å²) in [6.45, 7) is 1.81. The second-order valence-electron chi connectivity index (χ2n) is 7.94. The fraction of sp³-hybridized carbons (Fsp3) is 0.154. The zero-order valence-electron chi connectivity index (χ0n) is 20.2. The van der Waals surface area contributed by atoms with E-state index in [1.165, 1.54) is 25.7 Å². The predicted octanol–water partition coefficient (Wildman–Crippen LogP) is 4.61. The Labute approximate surface area is 221 Å². The first-order chi connectivity index (χ1) is 17.8. The number of thiazole rings is 1. The molecule has 3 heterocycles. The summed E-state index contributed by atoms with van der Waals surface area (Å²) in [5.41, 5.74) is 3.42. The van der Waals surface area contributed by atoms with E-state index in [0.717, 1.165) is 16.9 Å². The Morgan fingerprint density at radius 1 is 0.973 bits per heavy atom. The number of aryl methyl sites for hydroxylation is 1. The number of nitrogens with one attached hydrogen (secondary N) is 2. The van der Waals surface area contributed by atoms with Crippen molar-refractivity contribution in [2.45, 2.75) is 13.3 Å². The molecule has 0 saturated carbocycles. The molecule has 2 N–H and O–H groups in total. The summed E-state index contributed by atoms with van der Waals surface area (Å²) in [6.07, 6.45) is 4.52. The van der Waals surface area contributed by atoms with Crippen LogP contribution in [0.2, 0.25) is 5.15 Å². The van der Waals surface area contributed by atoms with Gasteiger partial charge in [0.2, 0.25) is 0 Å². The average molecular weight is 536 g/mol. The van der Waals surface area contributed by atoms with Crippen molar-refractivity contribution in [3.63, 3.8) is 0 Å². The van der Waals surface area contributed by atoms with Gasteiger partial charge in [0.25, 0.3) is 11.8 Å². The Kier molecular flexibility index (Phi) is 7.90. The smallest absolute Gasteiger partial charge is 0.259 e. The molecule has 0 saturated heterocycles. The standard InChI is InChI=1S/C26H22ClN5O4S/c1-14-8-17(18-10-23(27)30-12-21(18)36-3)19(11-29-14)25(35)32-26-31-13-22(37-26)20(33)9-15-4-6-16(7-5-15)24(34)28-2/h4-8,10-13H,9H2,1-3H3,(H,28,34)(H,31,32,35). The maximum absolute atomic E-state index is 13.2. The molecule has 11 heteroatoms. The first-order valence-electron chi connectivity index (χ1n) is 11.1. The van der Waals surface area contributed by atoms with Crippen LogP contribution in [0.25, 0.3) is 11.1 Å². The van der Waals surface area contributed by atoms with Crippen LogP contribution in [0.15, 0.2) is 55.0 Å². The number of rotatable bonds is 8.